The molecular formula is C11H16N2O3. The first-order valence-electron chi connectivity index (χ1n) is 4.89. The lowest BCUT2D eigenvalue weighted by atomic mass is 10.1. The van der Waals surface area contributed by atoms with Crippen LogP contribution in [0.15, 0.2) is 18.2 Å². The van der Waals surface area contributed by atoms with Crippen LogP contribution < -0.4 is 11.1 Å². The molecule has 0 bridgehead atoms. The summed E-state index contributed by atoms with van der Waals surface area (Å²) >= 11 is 0. The molecule has 0 amide bonds. The van der Waals surface area contributed by atoms with E-state index in [-0.39, 0.29) is 5.97 Å². The second kappa shape index (κ2) is 5.97. The van der Waals surface area contributed by atoms with Crippen molar-refractivity contribution in [3.63, 3.8) is 0 Å². The number of nitrogen functional groups attached to an aromatic ring is 1. The smallest absolute Gasteiger partial charge is 0.337 e. The van der Waals surface area contributed by atoms with Crippen molar-refractivity contribution in [3.8, 4) is 0 Å². The molecule has 0 saturated heterocycles. The summed E-state index contributed by atoms with van der Waals surface area (Å²) in [6.07, 6.45) is 0. The molecule has 0 aliphatic carbocycles. The maximum absolute atomic E-state index is 11.3. The minimum atomic E-state index is -0.380. The van der Waals surface area contributed by atoms with Crippen LogP contribution in [-0.2, 0) is 9.47 Å². The summed E-state index contributed by atoms with van der Waals surface area (Å²) in [6, 6.07) is 4.96. The van der Waals surface area contributed by atoms with E-state index in [4.69, 9.17) is 10.5 Å². The van der Waals surface area contributed by atoms with Crippen molar-refractivity contribution in [3.05, 3.63) is 23.8 Å². The van der Waals surface area contributed by atoms with Crippen LogP contribution in [0.25, 0.3) is 0 Å². The maximum atomic E-state index is 11.3. The van der Waals surface area contributed by atoms with Crippen LogP contribution in [0.3, 0.4) is 0 Å². The zero-order valence-corrected chi connectivity index (χ0v) is 9.45. The quantitative estimate of drug-likeness (QED) is 0.445. The Kier molecular flexibility index (Phi) is 4.60. The Balaban J connectivity index is 2.78. The predicted octanol–water partition coefficient (Wildman–Crippen LogP) is 1.11. The number of carbonyl (C=O) groups is 1. The largest absolute Gasteiger partial charge is 0.465 e. The van der Waals surface area contributed by atoms with Crippen molar-refractivity contribution in [2.75, 3.05) is 38.4 Å². The Labute approximate surface area is 94.5 Å². The maximum Gasteiger partial charge on any atom is 0.337 e. The molecule has 5 nitrogen and oxygen atoms in total. The fraction of sp³-hybridized carbons (Fsp3) is 0.364. The molecule has 0 radical (unpaired) electrons. The van der Waals surface area contributed by atoms with E-state index >= 15 is 0 Å². The monoisotopic (exact) mass is 224 g/mol. The van der Waals surface area contributed by atoms with E-state index in [1.165, 1.54) is 7.11 Å². The third-order valence-electron chi connectivity index (χ3n) is 2.10. The molecule has 5 heteroatoms. The van der Waals surface area contributed by atoms with Gasteiger partial charge in [0.25, 0.3) is 0 Å². The molecule has 0 aliphatic rings. The van der Waals surface area contributed by atoms with Crippen LogP contribution in [0.1, 0.15) is 10.4 Å². The van der Waals surface area contributed by atoms with Gasteiger partial charge in [0.15, 0.2) is 0 Å². The number of rotatable bonds is 5. The van der Waals surface area contributed by atoms with Crippen LogP contribution >= 0.6 is 0 Å². The zero-order valence-electron chi connectivity index (χ0n) is 9.45. The Bertz CT molecular complexity index is 366. The Hall–Kier alpha value is -1.75. The zero-order chi connectivity index (χ0) is 12.0. The molecule has 0 fully saturated rings. The van der Waals surface area contributed by atoms with E-state index in [9.17, 15) is 4.79 Å². The van der Waals surface area contributed by atoms with Gasteiger partial charge in [-0.3, -0.25) is 0 Å². The number of anilines is 2. The number of hydrogen-bond donors (Lipinski definition) is 2. The van der Waals surface area contributed by atoms with Gasteiger partial charge in [0.1, 0.15) is 0 Å². The number of nitrogens with two attached hydrogens (primary N) is 1. The van der Waals surface area contributed by atoms with Gasteiger partial charge in [0, 0.05) is 13.7 Å². The molecule has 0 heterocycles. The molecule has 16 heavy (non-hydrogen) atoms. The van der Waals surface area contributed by atoms with Gasteiger partial charge < -0.3 is 20.5 Å². The van der Waals surface area contributed by atoms with Gasteiger partial charge in [0.05, 0.1) is 30.7 Å². The lowest BCUT2D eigenvalue weighted by Crippen LogP contribution is -2.10. The molecule has 1 rings (SSSR count). The van der Waals surface area contributed by atoms with E-state index in [0.29, 0.717) is 30.1 Å². The second-order valence-electron chi connectivity index (χ2n) is 3.21. The first kappa shape index (κ1) is 12.3. The van der Waals surface area contributed by atoms with Crippen LogP contribution in [0.4, 0.5) is 11.4 Å². The third kappa shape index (κ3) is 3.13. The fourth-order valence-electron chi connectivity index (χ4n) is 1.24. The highest BCUT2D eigenvalue weighted by Gasteiger charge is 2.07. The lowest BCUT2D eigenvalue weighted by molar-refractivity contribution is 0.0601. The Morgan fingerprint density at radius 3 is 2.81 bits per heavy atom. The number of nitrogens with one attached hydrogen (secondary N) is 1. The average Bonchev–Trinajstić information content (AvgIpc) is 2.31. The highest BCUT2D eigenvalue weighted by molar-refractivity contribution is 5.91. The van der Waals surface area contributed by atoms with Gasteiger partial charge in [-0.1, -0.05) is 0 Å². The van der Waals surface area contributed by atoms with Crippen molar-refractivity contribution < 1.29 is 14.3 Å². The molecule has 1 aromatic rings. The van der Waals surface area contributed by atoms with Gasteiger partial charge in [-0.25, -0.2) is 4.79 Å². The minimum absolute atomic E-state index is 0.380. The molecule has 0 atom stereocenters. The van der Waals surface area contributed by atoms with Crippen LogP contribution in [-0.4, -0.2) is 33.3 Å². The molecular weight excluding hydrogens is 208 g/mol. The van der Waals surface area contributed by atoms with Crippen LogP contribution in [0, 0.1) is 0 Å². The normalized spacial score (nSPS) is 9.88. The Morgan fingerprint density at radius 2 is 2.19 bits per heavy atom. The molecule has 0 spiro atoms. The van der Waals surface area contributed by atoms with Gasteiger partial charge in [0.2, 0.25) is 0 Å². The summed E-state index contributed by atoms with van der Waals surface area (Å²) in [5.41, 5.74) is 7.52. The van der Waals surface area contributed by atoms with Crippen molar-refractivity contribution >= 4 is 17.3 Å². The topological polar surface area (TPSA) is 73.6 Å². The lowest BCUT2D eigenvalue weighted by Gasteiger charge is -2.10. The SMILES string of the molecule is COCCNc1cc(C(=O)OC)ccc1N. The standard InChI is InChI=1S/C11H16N2O3/c1-15-6-5-13-10-7-8(11(14)16-2)3-4-9(10)12/h3-4,7,13H,5-6,12H2,1-2H3. The van der Waals surface area contributed by atoms with Crippen molar-refractivity contribution in [2.24, 2.45) is 0 Å². The van der Waals surface area contributed by atoms with E-state index in [1.807, 2.05) is 0 Å². The number of methoxy groups -OCH3 is 2. The van der Waals surface area contributed by atoms with Gasteiger partial charge in [-0.2, -0.15) is 0 Å². The number of esters is 1. The number of benzene rings is 1. The van der Waals surface area contributed by atoms with Crippen molar-refractivity contribution in [1.29, 1.82) is 0 Å². The first-order chi connectivity index (χ1) is 7.69. The van der Waals surface area contributed by atoms with E-state index in [2.05, 4.69) is 10.1 Å². The van der Waals surface area contributed by atoms with E-state index in [1.54, 1.807) is 25.3 Å². The molecule has 3 N–H and O–H groups in total. The minimum Gasteiger partial charge on any atom is -0.465 e. The second-order valence-corrected chi connectivity index (χ2v) is 3.21. The summed E-state index contributed by atoms with van der Waals surface area (Å²) in [7, 11) is 2.96. The third-order valence-corrected chi connectivity index (χ3v) is 2.10. The fourth-order valence-corrected chi connectivity index (χ4v) is 1.24. The first-order valence-corrected chi connectivity index (χ1v) is 4.89. The van der Waals surface area contributed by atoms with E-state index < -0.39 is 0 Å². The molecule has 0 saturated carbocycles. The number of ether oxygens (including phenoxy) is 2. The molecule has 1 aromatic carbocycles. The van der Waals surface area contributed by atoms with Crippen LogP contribution in [0.5, 0.6) is 0 Å². The average molecular weight is 224 g/mol. The van der Waals surface area contributed by atoms with Gasteiger partial charge in [-0.05, 0) is 18.2 Å². The summed E-state index contributed by atoms with van der Waals surface area (Å²) in [5, 5.41) is 3.08. The van der Waals surface area contributed by atoms with Gasteiger partial charge >= 0.3 is 5.97 Å². The molecule has 0 aliphatic heterocycles. The molecule has 0 unspecified atom stereocenters. The number of carbonyl (C=O) groups excluding carboxylic acids is 1. The highest BCUT2D eigenvalue weighted by Crippen LogP contribution is 2.20. The van der Waals surface area contributed by atoms with Crippen molar-refractivity contribution in [2.45, 2.75) is 0 Å². The predicted molar refractivity (Wildman–Crippen MR) is 62.6 cm³/mol. The Morgan fingerprint density at radius 1 is 1.44 bits per heavy atom. The summed E-state index contributed by atoms with van der Waals surface area (Å²) in [5.74, 6) is -0.380. The van der Waals surface area contributed by atoms with Gasteiger partial charge in [-0.15, -0.1) is 0 Å². The summed E-state index contributed by atoms with van der Waals surface area (Å²) in [6.45, 7) is 1.20. The summed E-state index contributed by atoms with van der Waals surface area (Å²) < 4.78 is 9.53. The van der Waals surface area contributed by atoms with Crippen molar-refractivity contribution in [1.82, 2.24) is 0 Å². The van der Waals surface area contributed by atoms with Crippen LogP contribution in [0.2, 0.25) is 0 Å². The van der Waals surface area contributed by atoms with E-state index in [0.717, 1.165) is 0 Å². The molecule has 0 aromatic heterocycles. The number of hydrogen-bond acceptors (Lipinski definition) is 5. The highest BCUT2D eigenvalue weighted by atomic mass is 16.5. The summed E-state index contributed by atoms with van der Waals surface area (Å²) in [4.78, 5) is 11.3. The molecule has 88 valence electrons.